The molecule has 5 N–H and O–H groups in total. The molecule has 16 heavy (non-hydrogen) atoms. The van der Waals surface area contributed by atoms with Gasteiger partial charge in [-0.3, -0.25) is 14.7 Å². The van der Waals surface area contributed by atoms with Gasteiger partial charge in [0.05, 0.1) is 19.5 Å². The smallest absolute Gasteiger partial charge is 0.339 e. The number of hydrogen-bond donors (Lipinski definition) is 5. The zero-order chi connectivity index (χ0) is 12.6. The van der Waals surface area contributed by atoms with E-state index in [0.717, 1.165) is 0 Å². The third-order valence-electron chi connectivity index (χ3n) is 1.63. The monoisotopic (exact) mass is 257 g/mol. The molecule has 1 atom stereocenters. The molecule has 0 rings (SSSR count). The lowest BCUT2D eigenvalue weighted by atomic mass is 10.2. The number of aliphatic hydroxyl groups is 1. The van der Waals surface area contributed by atoms with Crippen LogP contribution in [0.5, 0.6) is 0 Å². The van der Waals surface area contributed by atoms with E-state index in [1.54, 1.807) is 0 Å². The molecule has 0 aromatic rings. The molecule has 0 radical (unpaired) electrons. The summed E-state index contributed by atoms with van der Waals surface area (Å²) in [6.45, 7) is 0.0319. The Balaban J connectivity index is 3.89. The van der Waals surface area contributed by atoms with Gasteiger partial charge in [-0.15, -0.1) is 0 Å². The highest BCUT2D eigenvalue weighted by Crippen LogP contribution is 2.32. The standard InChI is InChI=1S/C7H16NO7P/c9-2-4-15-3-1-6(7(10)11)8-5-16(12,13)14/h6,8-9H,1-5H2,(H,10,11)(H2,12,13,14)/t6-/m0/s1. The summed E-state index contributed by atoms with van der Waals surface area (Å²) in [7, 11) is -4.26. The molecule has 0 saturated heterocycles. The fourth-order valence-electron chi connectivity index (χ4n) is 0.910. The van der Waals surface area contributed by atoms with E-state index in [1.807, 2.05) is 0 Å². The maximum absolute atomic E-state index is 10.7. The van der Waals surface area contributed by atoms with Gasteiger partial charge in [0.15, 0.2) is 0 Å². The van der Waals surface area contributed by atoms with Crippen molar-refractivity contribution in [3.63, 3.8) is 0 Å². The largest absolute Gasteiger partial charge is 0.480 e. The predicted molar refractivity (Wildman–Crippen MR) is 54.0 cm³/mol. The normalized spacial score (nSPS) is 13.7. The van der Waals surface area contributed by atoms with Crippen LogP contribution in [0.2, 0.25) is 0 Å². The Morgan fingerprint density at radius 3 is 2.44 bits per heavy atom. The van der Waals surface area contributed by atoms with Crippen molar-refractivity contribution in [1.29, 1.82) is 0 Å². The van der Waals surface area contributed by atoms with E-state index >= 15 is 0 Å². The van der Waals surface area contributed by atoms with Crippen molar-refractivity contribution in [2.24, 2.45) is 0 Å². The van der Waals surface area contributed by atoms with E-state index in [9.17, 15) is 9.36 Å². The summed E-state index contributed by atoms with van der Waals surface area (Å²) in [5.41, 5.74) is 0. The van der Waals surface area contributed by atoms with Crippen LogP contribution in [0.25, 0.3) is 0 Å². The van der Waals surface area contributed by atoms with E-state index in [-0.39, 0.29) is 26.2 Å². The Morgan fingerprint density at radius 1 is 1.38 bits per heavy atom. The third kappa shape index (κ3) is 8.78. The molecule has 0 aliphatic carbocycles. The summed E-state index contributed by atoms with van der Waals surface area (Å²) in [5.74, 6) is -1.21. The molecule has 0 amide bonds. The number of carboxylic acids is 1. The lowest BCUT2D eigenvalue weighted by Gasteiger charge is -2.14. The van der Waals surface area contributed by atoms with Crippen LogP contribution in [0, 0.1) is 0 Å². The summed E-state index contributed by atoms with van der Waals surface area (Å²) in [6, 6.07) is -1.08. The lowest BCUT2D eigenvalue weighted by Crippen LogP contribution is -2.38. The van der Waals surface area contributed by atoms with Crippen LogP contribution in [0.4, 0.5) is 0 Å². The zero-order valence-electron chi connectivity index (χ0n) is 8.57. The van der Waals surface area contributed by atoms with Gasteiger partial charge in [0.1, 0.15) is 6.04 Å². The Kier molecular flexibility index (Phi) is 7.48. The number of nitrogens with one attached hydrogen (secondary N) is 1. The first-order valence-corrected chi connectivity index (χ1v) is 6.36. The summed E-state index contributed by atoms with van der Waals surface area (Å²) < 4.78 is 15.4. The van der Waals surface area contributed by atoms with Crippen LogP contribution < -0.4 is 5.32 Å². The van der Waals surface area contributed by atoms with E-state index in [0.29, 0.717) is 0 Å². The highest BCUT2D eigenvalue weighted by atomic mass is 31.2. The van der Waals surface area contributed by atoms with Crippen molar-refractivity contribution in [2.45, 2.75) is 12.5 Å². The molecule has 0 unspecified atom stereocenters. The molecule has 0 aliphatic rings. The first-order chi connectivity index (χ1) is 7.37. The molecule has 0 heterocycles. The second kappa shape index (κ2) is 7.72. The molecule has 0 spiro atoms. The molecule has 9 heteroatoms. The van der Waals surface area contributed by atoms with Gasteiger partial charge in [-0.25, -0.2) is 0 Å². The van der Waals surface area contributed by atoms with Crippen molar-refractivity contribution in [1.82, 2.24) is 5.32 Å². The summed E-state index contributed by atoms with van der Waals surface area (Å²) >= 11 is 0. The number of ether oxygens (including phenoxy) is 1. The molecule has 8 nitrogen and oxygen atoms in total. The zero-order valence-corrected chi connectivity index (χ0v) is 9.47. The number of hydrogen-bond acceptors (Lipinski definition) is 5. The molecular weight excluding hydrogens is 241 g/mol. The van der Waals surface area contributed by atoms with Crippen molar-refractivity contribution < 1.29 is 34.1 Å². The fourth-order valence-corrected chi connectivity index (χ4v) is 1.37. The highest BCUT2D eigenvalue weighted by molar-refractivity contribution is 7.51. The van der Waals surface area contributed by atoms with Crippen LogP contribution in [-0.2, 0) is 14.1 Å². The van der Waals surface area contributed by atoms with E-state index in [1.165, 1.54) is 0 Å². The van der Waals surface area contributed by atoms with Gasteiger partial charge in [0.2, 0.25) is 0 Å². The second-order valence-corrected chi connectivity index (χ2v) is 4.69. The van der Waals surface area contributed by atoms with Gasteiger partial charge in [0, 0.05) is 6.61 Å². The second-order valence-electron chi connectivity index (χ2n) is 3.04. The number of aliphatic carboxylic acids is 1. The molecule has 0 aliphatic heterocycles. The predicted octanol–water partition coefficient (Wildman–Crippen LogP) is -1.44. The first-order valence-electron chi connectivity index (χ1n) is 4.56. The van der Waals surface area contributed by atoms with Crippen LogP contribution in [0.15, 0.2) is 0 Å². The fraction of sp³-hybridized carbons (Fsp3) is 0.857. The van der Waals surface area contributed by atoms with Crippen LogP contribution >= 0.6 is 7.60 Å². The van der Waals surface area contributed by atoms with Crippen LogP contribution in [-0.4, -0.2) is 58.1 Å². The lowest BCUT2D eigenvalue weighted by molar-refractivity contribution is -0.139. The third-order valence-corrected chi connectivity index (χ3v) is 2.22. The summed E-state index contributed by atoms with van der Waals surface area (Å²) in [4.78, 5) is 27.8. The topological polar surface area (TPSA) is 136 Å². The molecule has 0 fully saturated rings. The average molecular weight is 257 g/mol. The van der Waals surface area contributed by atoms with Gasteiger partial charge >= 0.3 is 13.6 Å². The Bertz CT molecular complexity index is 253. The van der Waals surface area contributed by atoms with E-state index < -0.39 is 25.9 Å². The quantitative estimate of drug-likeness (QED) is 0.250. The van der Waals surface area contributed by atoms with Gasteiger partial charge in [-0.2, -0.15) is 0 Å². The number of carboxylic acid groups (broad SMARTS) is 1. The van der Waals surface area contributed by atoms with Gasteiger partial charge in [-0.05, 0) is 6.42 Å². The minimum Gasteiger partial charge on any atom is -0.480 e. The van der Waals surface area contributed by atoms with Crippen molar-refractivity contribution in [3.05, 3.63) is 0 Å². The van der Waals surface area contributed by atoms with Gasteiger partial charge in [-0.1, -0.05) is 0 Å². The highest BCUT2D eigenvalue weighted by Gasteiger charge is 2.21. The summed E-state index contributed by atoms with van der Waals surface area (Å²) in [5, 5.41) is 19.3. The molecule has 0 aromatic carbocycles. The van der Waals surface area contributed by atoms with Crippen molar-refractivity contribution in [3.8, 4) is 0 Å². The van der Waals surface area contributed by atoms with Crippen molar-refractivity contribution in [2.75, 3.05) is 26.1 Å². The Morgan fingerprint density at radius 2 is 2.00 bits per heavy atom. The van der Waals surface area contributed by atoms with Crippen molar-refractivity contribution >= 4 is 13.6 Å². The van der Waals surface area contributed by atoms with Gasteiger partial charge in [0.25, 0.3) is 0 Å². The van der Waals surface area contributed by atoms with E-state index in [2.05, 4.69) is 5.32 Å². The molecule has 96 valence electrons. The number of carbonyl (C=O) groups is 1. The molecule has 0 saturated carbocycles. The molecular formula is C7H16NO7P. The van der Waals surface area contributed by atoms with Crippen LogP contribution in [0.1, 0.15) is 6.42 Å². The Hall–Kier alpha value is -0.500. The number of rotatable bonds is 9. The van der Waals surface area contributed by atoms with Gasteiger partial charge < -0.3 is 24.7 Å². The molecule has 0 aromatic heterocycles. The number of aliphatic hydroxyl groups excluding tert-OH is 1. The maximum Gasteiger partial charge on any atom is 0.339 e. The SMILES string of the molecule is O=C(O)[C@H](CCOCCO)NCP(=O)(O)O. The average Bonchev–Trinajstić information content (AvgIpc) is 2.14. The van der Waals surface area contributed by atoms with Crippen LogP contribution in [0.3, 0.4) is 0 Å². The first kappa shape index (κ1) is 15.5. The minimum absolute atomic E-state index is 0.0648. The van der Waals surface area contributed by atoms with E-state index in [4.69, 9.17) is 24.7 Å². The maximum atomic E-state index is 10.7. The summed E-state index contributed by atoms with van der Waals surface area (Å²) in [6.07, 6.45) is -0.626. The minimum atomic E-state index is -4.26. The Labute approximate surface area is 92.4 Å². The molecule has 0 bridgehead atoms.